The Kier molecular flexibility index (Phi) is 6.70. The van der Waals surface area contributed by atoms with Crippen molar-refractivity contribution in [2.24, 2.45) is 0 Å². The van der Waals surface area contributed by atoms with Gasteiger partial charge >= 0.3 is 0 Å². The molecule has 1 atom stereocenters. The predicted molar refractivity (Wildman–Crippen MR) is 137 cm³/mol. The summed E-state index contributed by atoms with van der Waals surface area (Å²) in [5.41, 5.74) is 8.21. The van der Waals surface area contributed by atoms with E-state index in [2.05, 4.69) is 54.3 Å². The summed E-state index contributed by atoms with van der Waals surface area (Å²) in [5.74, 6) is 1.70. The molecule has 3 aromatic carbocycles. The maximum absolute atomic E-state index is 10.3. The van der Waals surface area contributed by atoms with Crippen molar-refractivity contribution in [2.45, 2.75) is 45.4 Å². The number of ether oxygens (including phenoxy) is 2. The first-order chi connectivity index (χ1) is 16.7. The van der Waals surface area contributed by atoms with Crippen LogP contribution in [0.5, 0.6) is 11.5 Å². The van der Waals surface area contributed by atoms with E-state index in [1.807, 2.05) is 24.3 Å². The molecule has 0 bridgehead atoms. The molecule has 1 saturated heterocycles. The van der Waals surface area contributed by atoms with Crippen molar-refractivity contribution in [2.75, 3.05) is 20.2 Å². The monoisotopic (exact) mass is 455 g/mol. The van der Waals surface area contributed by atoms with Crippen LogP contribution in [-0.4, -0.2) is 36.4 Å². The molecule has 4 nitrogen and oxygen atoms in total. The number of likely N-dealkylation sites (tertiary alicyclic amines) is 1. The summed E-state index contributed by atoms with van der Waals surface area (Å²) in [5, 5.41) is 10.3. The molecule has 5 rings (SSSR count). The summed E-state index contributed by atoms with van der Waals surface area (Å²) >= 11 is 0. The maximum Gasteiger partial charge on any atom is 0.149 e. The lowest BCUT2D eigenvalue weighted by atomic mass is 9.78. The van der Waals surface area contributed by atoms with E-state index in [1.165, 1.54) is 40.7 Å². The van der Waals surface area contributed by atoms with Gasteiger partial charge in [0, 0.05) is 13.1 Å². The van der Waals surface area contributed by atoms with Crippen LogP contribution in [0.3, 0.4) is 0 Å². The van der Waals surface area contributed by atoms with Crippen molar-refractivity contribution < 1.29 is 14.6 Å². The zero-order chi connectivity index (χ0) is 23.5. The molecule has 0 aromatic heterocycles. The summed E-state index contributed by atoms with van der Waals surface area (Å²) in [6, 6.07) is 23.1. The Morgan fingerprint density at radius 2 is 1.62 bits per heavy atom. The molecule has 2 aliphatic rings. The number of hydrogen-bond acceptors (Lipinski definition) is 4. The van der Waals surface area contributed by atoms with Gasteiger partial charge in [0.15, 0.2) is 0 Å². The summed E-state index contributed by atoms with van der Waals surface area (Å²) in [6.07, 6.45) is 4.44. The van der Waals surface area contributed by atoms with Gasteiger partial charge in [0.2, 0.25) is 0 Å². The van der Waals surface area contributed by atoms with Gasteiger partial charge in [-0.15, -0.1) is 0 Å². The topological polar surface area (TPSA) is 41.9 Å². The number of aliphatic hydroxyl groups excluding tert-OH is 1. The fraction of sp³-hybridized carbons (Fsp3) is 0.333. The van der Waals surface area contributed by atoms with E-state index in [0.717, 1.165) is 48.6 Å². The van der Waals surface area contributed by atoms with Crippen LogP contribution in [0.25, 0.3) is 11.1 Å². The van der Waals surface area contributed by atoms with Crippen molar-refractivity contribution in [3.63, 3.8) is 0 Å². The molecule has 3 aromatic rings. The van der Waals surface area contributed by atoms with Gasteiger partial charge in [0.25, 0.3) is 0 Å². The quantitative estimate of drug-likeness (QED) is 0.481. The maximum atomic E-state index is 10.3. The van der Waals surface area contributed by atoms with Crippen molar-refractivity contribution >= 4 is 11.1 Å². The largest absolute Gasteiger partial charge is 0.497 e. The summed E-state index contributed by atoms with van der Waals surface area (Å²) in [6.45, 7) is 4.29. The molecule has 1 aliphatic heterocycles. The lowest BCUT2D eigenvalue weighted by Crippen LogP contribution is -2.34. The van der Waals surface area contributed by atoms with Crippen LogP contribution >= 0.6 is 0 Å². The summed E-state index contributed by atoms with van der Waals surface area (Å²) < 4.78 is 11.8. The van der Waals surface area contributed by atoms with E-state index in [-0.39, 0.29) is 12.8 Å². The van der Waals surface area contributed by atoms with Crippen LogP contribution in [0.4, 0.5) is 0 Å². The minimum atomic E-state index is -0.0150. The fourth-order valence-corrected chi connectivity index (χ4v) is 5.29. The molecule has 0 amide bonds. The Morgan fingerprint density at radius 1 is 0.882 bits per heavy atom. The highest BCUT2D eigenvalue weighted by Gasteiger charge is 2.24. The van der Waals surface area contributed by atoms with Crippen molar-refractivity contribution in [3.05, 3.63) is 94.5 Å². The molecule has 176 valence electrons. The van der Waals surface area contributed by atoms with E-state index < -0.39 is 0 Å². The van der Waals surface area contributed by atoms with Crippen LogP contribution < -0.4 is 9.47 Å². The van der Waals surface area contributed by atoms with Gasteiger partial charge in [-0.25, -0.2) is 0 Å². The number of aliphatic hydroxyl groups is 1. The zero-order valence-electron chi connectivity index (χ0n) is 20.1. The first kappa shape index (κ1) is 22.7. The molecule has 34 heavy (non-hydrogen) atoms. The van der Waals surface area contributed by atoms with Crippen molar-refractivity contribution in [1.29, 1.82) is 0 Å². The van der Waals surface area contributed by atoms with Gasteiger partial charge in [0.05, 0.1) is 13.7 Å². The smallest absolute Gasteiger partial charge is 0.149 e. The highest BCUT2D eigenvalue weighted by atomic mass is 16.5. The first-order valence-corrected chi connectivity index (χ1v) is 12.3. The molecule has 1 unspecified atom stereocenters. The van der Waals surface area contributed by atoms with E-state index >= 15 is 0 Å². The second kappa shape index (κ2) is 10.0. The minimum absolute atomic E-state index is 0.0150. The molecule has 1 N–H and O–H groups in total. The molecule has 0 saturated carbocycles. The molecule has 1 aliphatic carbocycles. The Bertz CT molecular complexity index is 1180. The Hall–Kier alpha value is -3.08. The van der Waals surface area contributed by atoms with Crippen molar-refractivity contribution in [1.82, 2.24) is 4.90 Å². The highest BCUT2D eigenvalue weighted by molar-refractivity contribution is 6.01. The number of rotatable bonds is 7. The van der Waals surface area contributed by atoms with Crippen LogP contribution in [0.15, 0.2) is 66.7 Å². The third-order valence-corrected chi connectivity index (χ3v) is 7.15. The lowest BCUT2D eigenvalue weighted by Gasteiger charge is -2.27. The van der Waals surface area contributed by atoms with E-state index in [0.29, 0.717) is 0 Å². The van der Waals surface area contributed by atoms with Gasteiger partial charge in [-0.3, -0.25) is 4.90 Å². The van der Waals surface area contributed by atoms with E-state index in [1.54, 1.807) is 7.11 Å². The highest BCUT2D eigenvalue weighted by Crippen LogP contribution is 2.43. The lowest BCUT2D eigenvalue weighted by molar-refractivity contribution is 0.0592. The molecular weight excluding hydrogens is 422 g/mol. The average molecular weight is 456 g/mol. The normalized spacial score (nSPS) is 16.9. The average Bonchev–Trinajstić information content (AvgIpc) is 3.43. The third-order valence-electron chi connectivity index (χ3n) is 7.15. The van der Waals surface area contributed by atoms with Crippen LogP contribution in [0.1, 0.15) is 54.0 Å². The SMILES string of the molecule is COc1ccc(C2=C(c3cc(OC(C)N4CCCC4)ccc3CO)c3ccccc3CC2)cc1. The molecule has 0 radical (unpaired) electrons. The van der Waals surface area contributed by atoms with E-state index in [4.69, 9.17) is 9.47 Å². The first-order valence-electron chi connectivity index (χ1n) is 12.3. The predicted octanol–water partition coefficient (Wildman–Crippen LogP) is 5.91. The standard InChI is InChI=1S/C30H33NO3/c1-21(31-17-5-6-18-31)34-26-15-11-24(20-32)29(19-26)30-27-8-4-3-7-22(27)12-16-28(30)23-9-13-25(33-2)14-10-23/h3-4,7-11,13-15,19,21,32H,5-6,12,16-18,20H2,1-2H3. The van der Waals surface area contributed by atoms with Crippen LogP contribution in [0, 0.1) is 0 Å². The second-order valence-electron chi connectivity index (χ2n) is 9.18. The number of fused-ring (bicyclic) bond motifs is 1. The van der Waals surface area contributed by atoms with Crippen LogP contribution in [-0.2, 0) is 13.0 Å². The minimum Gasteiger partial charge on any atom is -0.497 e. The molecular formula is C30H33NO3. The van der Waals surface area contributed by atoms with Gasteiger partial charge < -0.3 is 14.6 Å². The van der Waals surface area contributed by atoms with Gasteiger partial charge in [0.1, 0.15) is 17.7 Å². The van der Waals surface area contributed by atoms with Gasteiger partial charge in [-0.05, 0) is 95.8 Å². The van der Waals surface area contributed by atoms with Gasteiger partial charge in [-0.2, -0.15) is 0 Å². The molecule has 1 heterocycles. The number of aryl methyl sites for hydroxylation is 1. The number of allylic oxidation sites excluding steroid dienone is 1. The molecule has 0 spiro atoms. The van der Waals surface area contributed by atoms with Gasteiger partial charge in [-0.1, -0.05) is 42.5 Å². The Labute approximate surface area is 202 Å². The number of hydrogen-bond donors (Lipinski definition) is 1. The molecule has 4 heteroatoms. The zero-order valence-corrected chi connectivity index (χ0v) is 20.1. The summed E-state index contributed by atoms with van der Waals surface area (Å²) in [7, 11) is 1.69. The number of methoxy groups -OCH3 is 1. The third kappa shape index (κ3) is 4.48. The Balaban J connectivity index is 1.63. The van der Waals surface area contributed by atoms with Crippen molar-refractivity contribution in [3.8, 4) is 11.5 Å². The fourth-order valence-electron chi connectivity index (χ4n) is 5.29. The Morgan fingerprint density at radius 3 is 2.35 bits per heavy atom. The van der Waals surface area contributed by atoms with Crippen LogP contribution in [0.2, 0.25) is 0 Å². The van der Waals surface area contributed by atoms with E-state index in [9.17, 15) is 5.11 Å². The molecule has 1 fully saturated rings. The number of benzene rings is 3. The second-order valence-corrected chi connectivity index (χ2v) is 9.18. The number of nitrogens with zero attached hydrogens (tertiary/aromatic N) is 1. The summed E-state index contributed by atoms with van der Waals surface area (Å²) in [4.78, 5) is 2.39.